The van der Waals surface area contributed by atoms with E-state index in [0.29, 0.717) is 13.0 Å². The summed E-state index contributed by atoms with van der Waals surface area (Å²) in [5.74, 6) is -0.564. The Morgan fingerprint density at radius 3 is 2.48 bits per heavy atom. The van der Waals surface area contributed by atoms with E-state index in [9.17, 15) is 9.36 Å². The van der Waals surface area contributed by atoms with Crippen LogP contribution in [0, 0.1) is 0 Å². The van der Waals surface area contributed by atoms with E-state index in [1.54, 1.807) is 13.8 Å². The van der Waals surface area contributed by atoms with Crippen LogP contribution in [0.4, 0.5) is 4.79 Å². The van der Waals surface area contributed by atoms with Crippen molar-refractivity contribution in [2.75, 3.05) is 19.8 Å². The average molecular weight is 341 g/mol. The van der Waals surface area contributed by atoms with Gasteiger partial charge in [0.15, 0.2) is 0 Å². The summed E-state index contributed by atoms with van der Waals surface area (Å²) in [7, 11) is -3.35. The first-order chi connectivity index (χ1) is 11.1. The van der Waals surface area contributed by atoms with Gasteiger partial charge in [0.05, 0.1) is 13.2 Å². The van der Waals surface area contributed by atoms with Crippen LogP contribution in [0.5, 0.6) is 0 Å². The van der Waals surface area contributed by atoms with E-state index >= 15 is 0 Å². The maximum Gasteiger partial charge on any atom is 0.410 e. The molecule has 23 heavy (non-hydrogen) atoms. The van der Waals surface area contributed by atoms with Crippen molar-refractivity contribution in [2.45, 2.75) is 39.1 Å². The van der Waals surface area contributed by atoms with Gasteiger partial charge in [-0.2, -0.15) is 0 Å². The van der Waals surface area contributed by atoms with Gasteiger partial charge in [-0.1, -0.05) is 30.3 Å². The Bertz CT molecular complexity index is 541. The number of nitrogens with zero attached hydrogens (tertiary/aromatic N) is 1. The topological polar surface area (TPSA) is 65.1 Å². The van der Waals surface area contributed by atoms with Crippen molar-refractivity contribution in [3.63, 3.8) is 0 Å². The highest BCUT2D eigenvalue weighted by Gasteiger charge is 2.45. The SMILES string of the molecule is CCOP(=O)(OCC)[C@H]1CCCN1C(=O)OCc1ccccc1. The zero-order valence-corrected chi connectivity index (χ0v) is 14.5. The van der Waals surface area contributed by atoms with Crippen molar-refractivity contribution >= 4 is 13.7 Å². The minimum Gasteiger partial charge on any atom is -0.445 e. The van der Waals surface area contributed by atoms with E-state index in [1.165, 1.54) is 4.90 Å². The summed E-state index contributed by atoms with van der Waals surface area (Å²) >= 11 is 0. The Morgan fingerprint density at radius 2 is 1.87 bits per heavy atom. The number of amides is 1. The summed E-state index contributed by atoms with van der Waals surface area (Å²) in [6.45, 7) is 4.78. The van der Waals surface area contributed by atoms with Crippen molar-refractivity contribution in [3.05, 3.63) is 35.9 Å². The van der Waals surface area contributed by atoms with E-state index in [-0.39, 0.29) is 19.8 Å². The maximum atomic E-state index is 12.9. The van der Waals surface area contributed by atoms with Gasteiger partial charge >= 0.3 is 13.7 Å². The molecule has 0 saturated carbocycles. The van der Waals surface area contributed by atoms with Crippen LogP contribution in [0.15, 0.2) is 30.3 Å². The largest absolute Gasteiger partial charge is 0.445 e. The second-order valence-corrected chi connectivity index (χ2v) is 7.42. The molecule has 1 aliphatic rings. The molecule has 1 aromatic carbocycles. The summed E-state index contributed by atoms with van der Waals surface area (Å²) in [4.78, 5) is 13.8. The van der Waals surface area contributed by atoms with Crippen molar-refractivity contribution < 1.29 is 23.1 Å². The Balaban J connectivity index is 2.02. The van der Waals surface area contributed by atoms with Crippen molar-refractivity contribution in [3.8, 4) is 0 Å². The lowest BCUT2D eigenvalue weighted by Crippen LogP contribution is -2.36. The number of carbonyl (C=O) groups excluding carboxylic acids is 1. The minimum absolute atomic E-state index is 0.191. The molecule has 0 spiro atoms. The highest BCUT2D eigenvalue weighted by Crippen LogP contribution is 2.57. The smallest absolute Gasteiger partial charge is 0.410 e. The van der Waals surface area contributed by atoms with Crippen LogP contribution in [0.3, 0.4) is 0 Å². The van der Waals surface area contributed by atoms with Crippen LogP contribution in [0.25, 0.3) is 0 Å². The average Bonchev–Trinajstić information content (AvgIpc) is 3.04. The van der Waals surface area contributed by atoms with Gasteiger partial charge in [0.1, 0.15) is 12.4 Å². The van der Waals surface area contributed by atoms with Gasteiger partial charge < -0.3 is 13.8 Å². The third-order valence-corrected chi connectivity index (χ3v) is 6.15. The third kappa shape index (κ3) is 4.56. The molecule has 0 bridgehead atoms. The molecule has 0 radical (unpaired) electrons. The molecule has 1 aromatic rings. The van der Waals surface area contributed by atoms with Gasteiger partial charge in [-0.05, 0) is 32.3 Å². The van der Waals surface area contributed by atoms with Crippen LogP contribution in [-0.2, 0) is 25.0 Å². The number of benzene rings is 1. The van der Waals surface area contributed by atoms with E-state index in [1.807, 2.05) is 30.3 Å². The molecule has 1 atom stereocenters. The molecule has 0 N–H and O–H groups in total. The second-order valence-electron chi connectivity index (χ2n) is 5.23. The standard InChI is InChI=1S/C16H24NO5P/c1-3-21-23(19,22-4-2)15-11-8-12-17(15)16(18)20-13-14-9-6-5-7-10-14/h5-7,9-10,15H,3-4,8,11-13H2,1-2H3/t15-/m0/s1. The van der Waals surface area contributed by atoms with Gasteiger partial charge in [0.25, 0.3) is 0 Å². The van der Waals surface area contributed by atoms with Crippen LogP contribution in [-0.4, -0.2) is 36.5 Å². The number of hydrogen-bond donors (Lipinski definition) is 0. The molecule has 0 aliphatic carbocycles. The number of carbonyl (C=O) groups is 1. The lowest BCUT2D eigenvalue weighted by Gasteiger charge is -2.29. The van der Waals surface area contributed by atoms with Gasteiger partial charge in [-0.3, -0.25) is 9.46 Å². The molecule has 1 aliphatic heterocycles. The fourth-order valence-corrected chi connectivity index (χ4v) is 4.85. The molecule has 1 amide bonds. The predicted octanol–water partition coefficient (Wildman–Crippen LogP) is 4.01. The van der Waals surface area contributed by atoms with Crippen molar-refractivity contribution in [1.82, 2.24) is 4.90 Å². The van der Waals surface area contributed by atoms with E-state index < -0.39 is 19.5 Å². The third-order valence-electron chi connectivity index (χ3n) is 3.64. The lowest BCUT2D eigenvalue weighted by molar-refractivity contribution is 0.0935. The molecule has 1 heterocycles. The van der Waals surface area contributed by atoms with Gasteiger partial charge in [-0.15, -0.1) is 0 Å². The summed E-state index contributed by atoms with van der Waals surface area (Å²) in [6.07, 6.45) is 0.878. The summed E-state index contributed by atoms with van der Waals surface area (Å²) in [5, 5.41) is 0. The molecule has 2 rings (SSSR count). The Labute approximate surface area is 137 Å². The van der Waals surface area contributed by atoms with Crippen molar-refractivity contribution in [2.24, 2.45) is 0 Å². The monoisotopic (exact) mass is 341 g/mol. The molecule has 0 aromatic heterocycles. The highest BCUT2D eigenvalue weighted by molar-refractivity contribution is 7.54. The first kappa shape index (κ1) is 18.0. The van der Waals surface area contributed by atoms with Crippen LogP contribution in [0.1, 0.15) is 32.3 Å². The summed E-state index contributed by atoms with van der Waals surface area (Å²) in [5.41, 5.74) is 0.911. The maximum absolute atomic E-state index is 12.9. The Morgan fingerprint density at radius 1 is 1.22 bits per heavy atom. The fraction of sp³-hybridized carbons (Fsp3) is 0.562. The second kappa shape index (κ2) is 8.48. The molecule has 1 saturated heterocycles. The quantitative estimate of drug-likeness (QED) is 0.701. The number of likely N-dealkylation sites (tertiary alicyclic amines) is 1. The Hall–Kier alpha value is -1.36. The molecule has 6 nitrogen and oxygen atoms in total. The highest BCUT2D eigenvalue weighted by atomic mass is 31.2. The first-order valence-electron chi connectivity index (χ1n) is 7.96. The molecular weight excluding hydrogens is 317 g/mol. The summed E-state index contributed by atoms with van der Waals surface area (Å²) < 4.78 is 29.0. The predicted molar refractivity (Wildman–Crippen MR) is 87.2 cm³/mol. The van der Waals surface area contributed by atoms with Crippen LogP contribution < -0.4 is 0 Å². The van der Waals surface area contributed by atoms with E-state index in [2.05, 4.69) is 0 Å². The molecule has 7 heteroatoms. The summed E-state index contributed by atoms with van der Waals surface area (Å²) in [6, 6.07) is 9.46. The zero-order valence-electron chi connectivity index (χ0n) is 13.6. The lowest BCUT2D eigenvalue weighted by atomic mass is 10.2. The van der Waals surface area contributed by atoms with Gasteiger partial charge in [-0.25, -0.2) is 4.79 Å². The van der Waals surface area contributed by atoms with E-state index in [0.717, 1.165) is 12.0 Å². The number of rotatable bonds is 7. The molecule has 128 valence electrons. The van der Waals surface area contributed by atoms with Crippen molar-refractivity contribution in [1.29, 1.82) is 0 Å². The first-order valence-corrected chi connectivity index (χ1v) is 9.58. The van der Waals surface area contributed by atoms with Crippen LogP contribution >= 0.6 is 7.60 Å². The van der Waals surface area contributed by atoms with Gasteiger partial charge in [0.2, 0.25) is 0 Å². The zero-order chi connectivity index (χ0) is 16.7. The normalized spacial score (nSPS) is 18.2. The Kier molecular flexibility index (Phi) is 6.63. The number of ether oxygens (including phenoxy) is 1. The molecular formula is C16H24NO5P. The van der Waals surface area contributed by atoms with Gasteiger partial charge in [0, 0.05) is 6.54 Å². The number of hydrogen-bond acceptors (Lipinski definition) is 5. The minimum atomic E-state index is -3.35. The fourth-order valence-electron chi connectivity index (χ4n) is 2.66. The van der Waals surface area contributed by atoms with Crippen LogP contribution in [0.2, 0.25) is 0 Å². The van der Waals surface area contributed by atoms with E-state index in [4.69, 9.17) is 13.8 Å². The molecule has 0 unspecified atom stereocenters. The molecule has 1 fully saturated rings.